The predicted molar refractivity (Wildman–Crippen MR) is 60.7 cm³/mol. The zero-order chi connectivity index (χ0) is 10.4. The van der Waals surface area contributed by atoms with E-state index in [2.05, 4.69) is 9.85 Å². The van der Waals surface area contributed by atoms with E-state index in [-0.39, 0.29) is 12.2 Å². The molecular formula is C10H7IO3. The zero-order valence-electron chi connectivity index (χ0n) is 7.16. The number of benzene rings is 1. The van der Waals surface area contributed by atoms with Crippen LogP contribution in [0.1, 0.15) is 10.4 Å². The van der Waals surface area contributed by atoms with Crippen LogP contribution in [0, 0.1) is 9.85 Å². The van der Waals surface area contributed by atoms with Gasteiger partial charge in [-0.3, -0.25) is 0 Å². The van der Waals surface area contributed by atoms with Crippen LogP contribution in [0.3, 0.4) is 0 Å². The smallest absolute Gasteiger partial charge is 0.335 e. The Morgan fingerprint density at radius 3 is 3.00 bits per heavy atom. The van der Waals surface area contributed by atoms with Crippen LogP contribution in [0.5, 0.6) is 5.75 Å². The number of aromatic carboxylic acids is 1. The van der Waals surface area contributed by atoms with Crippen molar-refractivity contribution in [1.29, 1.82) is 0 Å². The molecule has 3 nitrogen and oxygen atoms in total. The fraction of sp³-hybridized carbons (Fsp3) is 0.100. The van der Waals surface area contributed by atoms with E-state index >= 15 is 0 Å². The van der Waals surface area contributed by atoms with Gasteiger partial charge in [-0.05, 0) is 22.1 Å². The van der Waals surface area contributed by atoms with Gasteiger partial charge in [0.25, 0.3) is 0 Å². The highest BCUT2D eigenvalue weighted by molar-refractivity contribution is 14.1. The first-order valence-corrected chi connectivity index (χ1v) is 4.86. The molecule has 1 rings (SSSR count). The summed E-state index contributed by atoms with van der Waals surface area (Å²) >= 11 is 1.91. The largest absolute Gasteiger partial charge is 0.481 e. The Bertz CT molecular complexity index is 390. The summed E-state index contributed by atoms with van der Waals surface area (Å²) in [6.07, 6.45) is 0. The summed E-state index contributed by atoms with van der Waals surface area (Å²) in [6.45, 7) is 0.270. The molecule has 0 amide bonds. The van der Waals surface area contributed by atoms with E-state index in [0.717, 1.165) is 0 Å². The number of carboxylic acid groups (broad SMARTS) is 1. The van der Waals surface area contributed by atoms with E-state index < -0.39 is 5.97 Å². The van der Waals surface area contributed by atoms with Gasteiger partial charge in [-0.15, -0.1) is 0 Å². The molecule has 72 valence electrons. The van der Waals surface area contributed by atoms with Gasteiger partial charge < -0.3 is 9.84 Å². The van der Waals surface area contributed by atoms with E-state index in [1.54, 1.807) is 12.1 Å². The molecule has 0 spiro atoms. The Hall–Kier alpha value is -1.22. The van der Waals surface area contributed by atoms with E-state index in [1.165, 1.54) is 12.1 Å². The van der Waals surface area contributed by atoms with Crippen LogP contribution >= 0.6 is 22.6 Å². The normalized spacial score (nSPS) is 8.64. The van der Waals surface area contributed by atoms with Crippen molar-refractivity contribution in [3.63, 3.8) is 0 Å². The Morgan fingerprint density at radius 2 is 2.36 bits per heavy atom. The molecule has 0 atom stereocenters. The highest BCUT2D eigenvalue weighted by atomic mass is 127. The Balaban J connectivity index is 2.71. The van der Waals surface area contributed by atoms with Gasteiger partial charge in [-0.25, -0.2) is 4.79 Å². The summed E-state index contributed by atoms with van der Waals surface area (Å²) < 4.78 is 7.85. The standard InChI is InChI=1S/C10H7IO3/c11-5-2-6-14-9-4-1-3-8(7-9)10(12)13/h1,3-4,7H,6H2,(H,12,13). The van der Waals surface area contributed by atoms with Crippen LogP contribution in [0.4, 0.5) is 0 Å². The monoisotopic (exact) mass is 302 g/mol. The average molecular weight is 302 g/mol. The fourth-order valence-corrected chi connectivity index (χ4v) is 1.02. The van der Waals surface area contributed by atoms with Crippen LogP contribution in [0.25, 0.3) is 0 Å². The van der Waals surface area contributed by atoms with Gasteiger partial charge in [0, 0.05) is 22.6 Å². The van der Waals surface area contributed by atoms with Gasteiger partial charge >= 0.3 is 5.97 Å². The lowest BCUT2D eigenvalue weighted by molar-refractivity contribution is 0.0696. The van der Waals surface area contributed by atoms with Crippen molar-refractivity contribution >= 4 is 28.6 Å². The molecule has 0 saturated carbocycles. The van der Waals surface area contributed by atoms with E-state index in [1.807, 2.05) is 22.6 Å². The lowest BCUT2D eigenvalue weighted by Crippen LogP contribution is -1.98. The Labute approximate surface area is 95.2 Å². The quantitative estimate of drug-likeness (QED) is 0.687. The molecule has 0 radical (unpaired) electrons. The van der Waals surface area contributed by atoms with Gasteiger partial charge in [0.05, 0.1) is 5.56 Å². The number of ether oxygens (including phenoxy) is 1. The molecule has 0 aliphatic carbocycles. The minimum absolute atomic E-state index is 0.213. The SMILES string of the molecule is O=C(O)c1cccc(OCC#CI)c1. The van der Waals surface area contributed by atoms with Gasteiger partial charge in [-0.2, -0.15) is 0 Å². The van der Waals surface area contributed by atoms with Crippen molar-refractivity contribution in [1.82, 2.24) is 0 Å². The summed E-state index contributed by atoms with van der Waals surface area (Å²) in [7, 11) is 0. The van der Waals surface area contributed by atoms with Crippen molar-refractivity contribution < 1.29 is 14.6 Å². The van der Waals surface area contributed by atoms with Gasteiger partial charge in [0.1, 0.15) is 12.4 Å². The number of halogens is 1. The minimum Gasteiger partial charge on any atom is -0.481 e. The molecule has 1 aromatic rings. The Morgan fingerprint density at radius 1 is 1.57 bits per heavy atom. The molecule has 0 aliphatic heterocycles. The molecule has 0 fully saturated rings. The van der Waals surface area contributed by atoms with E-state index in [9.17, 15) is 4.79 Å². The van der Waals surface area contributed by atoms with Crippen molar-refractivity contribution in [2.75, 3.05) is 6.61 Å². The lowest BCUT2D eigenvalue weighted by Gasteiger charge is -2.02. The second-order valence-corrected chi connectivity index (χ2v) is 2.93. The van der Waals surface area contributed by atoms with Crippen LogP contribution in [-0.2, 0) is 0 Å². The fourth-order valence-electron chi connectivity index (χ4n) is 0.866. The van der Waals surface area contributed by atoms with Gasteiger partial charge in [0.2, 0.25) is 0 Å². The topological polar surface area (TPSA) is 46.5 Å². The number of hydrogen-bond donors (Lipinski definition) is 1. The lowest BCUT2D eigenvalue weighted by atomic mass is 10.2. The first-order valence-electron chi connectivity index (χ1n) is 3.78. The summed E-state index contributed by atoms with van der Waals surface area (Å²) in [5.41, 5.74) is 0.213. The third-order valence-corrected chi connectivity index (χ3v) is 1.84. The molecule has 1 aromatic carbocycles. The maximum absolute atomic E-state index is 10.6. The summed E-state index contributed by atoms with van der Waals surface area (Å²) in [5, 5.41) is 8.70. The average Bonchev–Trinajstić information content (AvgIpc) is 2.19. The molecule has 0 bridgehead atoms. The molecular weight excluding hydrogens is 295 g/mol. The molecule has 0 unspecified atom stereocenters. The van der Waals surface area contributed by atoms with Crippen LogP contribution in [-0.4, -0.2) is 17.7 Å². The molecule has 4 heteroatoms. The predicted octanol–water partition coefficient (Wildman–Crippen LogP) is 2.16. The highest BCUT2D eigenvalue weighted by Gasteiger charge is 2.02. The third-order valence-electron chi connectivity index (χ3n) is 1.46. The summed E-state index contributed by atoms with van der Waals surface area (Å²) in [5.74, 6) is 2.27. The van der Waals surface area contributed by atoms with Crippen LogP contribution in [0.15, 0.2) is 24.3 Å². The van der Waals surface area contributed by atoms with Crippen LogP contribution in [0.2, 0.25) is 0 Å². The highest BCUT2D eigenvalue weighted by Crippen LogP contribution is 2.12. The van der Waals surface area contributed by atoms with Crippen molar-refractivity contribution in [3.05, 3.63) is 29.8 Å². The Kier molecular flexibility index (Phi) is 4.26. The zero-order valence-corrected chi connectivity index (χ0v) is 9.32. The number of rotatable bonds is 3. The maximum Gasteiger partial charge on any atom is 0.335 e. The number of hydrogen-bond acceptors (Lipinski definition) is 2. The van der Waals surface area contributed by atoms with Crippen molar-refractivity contribution in [2.45, 2.75) is 0 Å². The second kappa shape index (κ2) is 5.50. The van der Waals surface area contributed by atoms with E-state index in [0.29, 0.717) is 5.75 Å². The first-order chi connectivity index (χ1) is 6.74. The summed E-state index contributed by atoms with van der Waals surface area (Å²) in [4.78, 5) is 10.6. The summed E-state index contributed by atoms with van der Waals surface area (Å²) in [6, 6.07) is 6.31. The second-order valence-electron chi connectivity index (χ2n) is 2.39. The molecule has 0 aliphatic rings. The maximum atomic E-state index is 10.6. The molecule has 0 aromatic heterocycles. The van der Waals surface area contributed by atoms with Crippen molar-refractivity contribution in [3.8, 4) is 15.6 Å². The number of carboxylic acids is 1. The third kappa shape index (κ3) is 3.26. The molecule has 14 heavy (non-hydrogen) atoms. The molecule has 1 N–H and O–H groups in total. The van der Waals surface area contributed by atoms with Gasteiger partial charge in [-0.1, -0.05) is 12.0 Å². The van der Waals surface area contributed by atoms with Crippen LogP contribution < -0.4 is 4.74 Å². The molecule has 0 heterocycles. The van der Waals surface area contributed by atoms with E-state index in [4.69, 9.17) is 9.84 Å². The van der Waals surface area contributed by atoms with Crippen molar-refractivity contribution in [2.24, 2.45) is 0 Å². The first kappa shape index (κ1) is 10.9. The molecule has 0 saturated heterocycles. The number of carbonyl (C=O) groups is 1. The van der Waals surface area contributed by atoms with Gasteiger partial charge in [0.15, 0.2) is 0 Å². The minimum atomic E-state index is -0.963.